The fourth-order valence-electron chi connectivity index (χ4n) is 1.91. The van der Waals surface area contributed by atoms with E-state index in [1.54, 1.807) is 6.08 Å². The van der Waals surface area contributed by atoms with Gasteiger partial charge in [0.25, 0.3) is 0 Å². The van der Waals surface area contributed by atoms with Crippen molar-refractivity contribution in [3.05, 3.63) is 23.8 Å². The monoisotopic (exact) mass is 180 g/mol. The third-order valence-electron chi connectivity index (χ3n) is 3.32. The van der Waals surface area contributed by atoms with Crippen LogP contribution in [0, 0.1) is 5.41 Å². The Kier molecular flexibility index (Phi) is 2.97. The van der Waals surface area contributed by atoms with Gasteiger partial charge in [0, 0.05) is 0 Å². The van der Waals surface area contributed by atoms with Crippen molar-refractivity contribution in [1.82, 2.24) is 0 Å². The van der Waals surface area contributed by atoms with E-state index in [0.717, 1.165) is 12.8 Å². The van der Waals surface area contributed by atoms with Gasteiger partial charge >= 0.3 is 0 Å². The van der Waals surface area contributed by atoms with Crippen molar-refractivity contribution in [1.29, 1.82) is 0 Å². The van der Waals surface area contributed by atoms with Gasteiger partial charge in [-0.2, -0.15) is 0 Å². The van der Waals surface area contributed by atoms with Crippen LogP contribution in [0.5, 0.6) is 0 Å². The molecule has 0 radical (unpaired) electrons. The predicted octanol–water partition coefficient (Wildman–Crippen LogP) is 3.06. The number of hydrogen-bond acceptors (Lipinski definition) is 1. The lowest BCUT2D eigenvalue weighted by Gasteiger charge is -2.19. The van der Waals surface area contributed by atoms with Gasteiger partial charge in [0.1, 0.15) is 0 Å². The zero-order valence-electron chi connectivity index (χ0n) is 8.93. The minimum atomic E-state index is -0.362. The maximum absolute atomic E-state index is 9.45. The van der Waals surface area contributed by atoms with Crippen molar-refractivity contribution in [3.63, 3.8) is 0 Å². The quantitative estimate of drug-likeness (QED) is 0.662. The molecule has 0 amide bonds. The Morgan fingerprint density at radius 1 is 1.62 bits per heavy atom. The van der Waals surface area contributed by atoms with Gasteiger partial charge in [0.15, 0.2) is 0 Å². The van der Waals surface area contributed by atoms with Gasteiger partial charge in [0.2, 0.25) is 0 Å². The van der Waals surface area contributed by atoms with E-state index >= 15 is 0 Å². The zero-order chi connectivity index (χ0) is 10.1. The molecule has 1 aliphatic rings. The average molecular weight is 180 g/mol. The van der Waals surface area contributed by atoms with Crippen LogP contribution in [0.3, 0.4) is 0 Å². The molecule has 0 aliphatic heterocycles. The Hall–Kier alpha value is -0.560. The molecule has 1 rings (SSSR count). The molecule has 74 valence electrons. The molecule has 1 heteroatoms. The van der Waals surface area contributed by atoms with Crippen LogP contribution in [0.4, 0.5) is 0 Å². The molecule has 1 N–H and O–H groups in total. The minimum Gasteiger partial charge on any atom is -0.389 e. The van der Waals surface area contributed by atoms with E-state index in [9.17, 15) is 5.11 Å². The summed E-state index contributed by atoms with van der Waals surface area (Å²) in [4.78, 5) is 0. The number of aliphatic hydroxyl groups is 1. The van der Waals surface area contributed by atoms with E-state index in [4.69, 9.17) is 0 Å². The lowest BCUT2D eigenvalue weighted by atomic mass is 9.86. The summed E-state index contributed by atoms with van der Waals surface area (Å²) in [7, 11) is 0. The Balaban J connectivity index is 2.71. The largest absolute Gasteiger partial charge is 0.389 e. The Morgan fingerprint density at radius 3 is 2.62 bits per heavy atom. The van der Waals surface area contributed by atoms with E-state index in [-0.39, 0.29) is 6.10 Å². The standard InChI is InChI=1S/C12H20O/c1-5-11(13)8-10-6-7-12(3,4)9(10)2/h5,11,13H,1,6-8H2,2-4H3. The van der Waals surface area contributed by atoms with E-state index < -0.39 is 0 Å². The van der Waals surface area contributed by atoms with Crippen molar-refractivity contribution in [3.8, 4) is 0 Å². The van der Waals surface area contributed by atoms with Gasteiger partial charge in [-0.25, -0.2) is 0 Å². The van der Waals surface area contributed by atoms with Crippen molar-refractivity contribution in [2.75, 3.05) is 0 Å². The molecule has 1 aliphatic carbocycles. The third-order valence-corrected chi connectivity index (χ3v) is 3.32. The molecule has 0 aromatic heterocycles. The highest BCUT2D eigenvalue weighted by atomic mass is 16.3. The van der Waals surface area contributed by atoms with E-state index in [2.05, 4.69) is 27.4 Å². The lowest BCUT2D eigenvalue weighted by Crippen LogP contribution is -2.08. The number of allylic oxidation sites excluding steroid dienone is 1. The van der Waals surface area contributed by atoms with Gasteiger partial charge in [-0.15, -0.1) is 6.58 Å². The summed E-state index contributed by atoms with van der Waals surface area (Å²) in [5, 5.41) is 9.45. The highest BCUT2D eigenvalue weighted by Gasteiger charge is 2.29. The van der Waals surface area contributed by atoms with Crippen LogP contribution in [-0.4, -0.2) is 11.2 Å². The van der Waals surface area contributed by atoms with E-state index in [1.165, 1.54) is 17.6 Å². The summed E-state index contributed by atoms with van der Waals surface area (Å²) in [6.07, 6.45) is 4.39. The van der Waals surface area contributed by atoms with E-state index in [0.29, 0.717) is 5.41 Å². The number of rotatable bonds is 3. The zero-order valence-corrected chi connectivity index (χ0v) is 8.93. The molecular formula is C12H20O. The summed E-state index contributed by atoms with van der Waals surface area (Å²) < 4.78 is 0. The molecular weight excluding hydrogens is 160 g/mol. The van der Waals surface area contributed by atoms with Gasteiger partial charge < -0.3 is 5.11 Å². The SMILES string of the molecule is C=CC(O)CC1=C(C)C(C)(C)CC1. The van der Waals surface area contributed by atoms with Crippen molar-refractivity contribution >= 4 is 0 Å². The Labute approximate surface area is 81.2 Å². The first-order valence-corrected chi connectivity index (χ1v) is 4.97. The molecule has 0 aromatic rings. The molecule has 1 nitrogen and oxygen atoms in total. The van der Waals surface area contributed by atoms with Crippen LogP contribution in [0.2, 0.25) is 0 Å². The summed E-state index contributed by atoms with van der Waals surface area (Å²) >= 11 is 0. The second-order valence-electron chi connectivity index (χ2n) is 4.62. The summed E-state index contributed by atoms with van der Waals surface area (Å²) in [5.74, 6) is 0. The third kappa shape index (κ3) is 2.22. The van der Waals surface area contributed by atoms with Crippen LogP contribution >= 0.6 is 0 Å². The van der Waals surface area contributed by atoms with Crippen LogP contribution in [0.1, 0.15) is 40.0 Å². The van der Waals surface area contributed by atoms with Crippen LogP contribution in [-0.2, 0) is 0 Å². The Morgan fingerprint density at radius 2 is 2.23 bits per heavy atom. The lowest BCUT2D eigenvalue weighted by molar-refractivity contribution is 0.223. The van der Waals surface area contributed by atoms with Gasteiger partial charge in [-0.3, -0.25) is 0 Å². The first-order chi connectivity index (χ1) is 5.97. The van der Waals surface area contributed by atoms with Gasteiger partial charge in [-0.1, -0.05) is 31.1 Å². The maximum atomic E-state index is 9.45. The molecule has 0 saturated carbocycles. The van der Waals surface area contributed by atoms with Crippen LogP contribution in [0.25, 0.3) is 0 Å². The maximum Gasteiger partial charge on any atom is 0.0755 e. The van der Waals surface area contributed by atoms with Gasteiger partial charge in [0.05, 0.1) is 6.10 Å². The molecule has 0 fully saturated rings. The van der Waals surface area contributed by atoms with Crippen LogP contribution in [0.15, 0.2) is 23.8 Å². The molecule has 13 heavy (non-hydrogen) atoms. The smallest absolute Gasteiger partial charge is 0.0755 e. The molecule has 0 spiro atoms. The molecule has 0 aromatic carbocycles. The van der Waals surface area contributed by atoms with Crippen molar-refractivity contribution in [2.24, 2.45) is 5.41 Å². The minimum absolute atomic E-state index is 0.343. The first kappa shape index (κ1) is 10.5. The number of hydrogen-bond donors (Lipinski definition) is 1. The van der Waals surface area contributed by atoms with Crippen molar-refractivity contribution in [2.45, 2.75) is 46.1 Å². The highest BCUT2D eigenvalue weighted by molar-refractivity contribution is 5.25. The second-order valence-corrected chi connectivity index (χ2v) is 4.62. The fraction of sp³-hybridized carbons (Fsp3) is 0.667. The second kappa shape index (κ2) is 3.67. The Bertz CT molecular complexity index is 236. The fourth-order valence-corrected chi connectivity index (χ4v) is 1.91. The summed E-state index contributed by atoms with van der Waals surface area (Å²) in [6.45, 7) is 10.3. The first-order valence-electron chi connectivity index (χ1n) is 4.97. The van der Waals surface area contributed by atoms with Crippen LogP contribution < -0.4 is 0 Å². The average Bonchev–Trinajstić information content (AvgIpc) is 2.32. The van der Waals surface area contributed by atoms with E-state index in [1.807, 2.05) is 0 Å². The molecule has 1 atom stereocenters. The molecule has 0 heterocycles. The predicted molar refractivity (Wildman–Crippen MR) is 56.5 cm³/mol. The highest BCUT2D eigenvalue weighted by Crippen LogP contribution is 2.43. The molecule has 0 bridgehead atoms. The topological polar surface area (TPSA) is 20.2 Å². The molecule has 0 saturated heterocycles. The summed E-state index contributed by atoms with van der Waals surface area (Å²) in [5.41, 5.74) is 3.24. The normalized spacial score (nSPS) is 23.4. The molecule has 1 unspecified atom stereocenters. The summed E-state index contributed by atoms with van der Waals surface area (Å²) in [6, 6.07) is 0. The van der Waals surface area contributed by atoms with Crippen molar-refractivity contribution < 1.29 is 5.11 Å². The number of aliphatic hydroxyl groups excluding tert-OH is 1. The van der Waals surface area contributed by atoms with Gasteiger partial charge in [-0.05, 0) is 31.6 Å².